The molecule has 0 amide bonds. The molecule has 0 rings (SSSR count). The van der Waals surface area contributed by atoms with Crippen LogP contribution in [0.1, 0.15) is 32.6 Å². The van der Waals surface area contributed by atoms with Gasteiger partial charge >= 0.3 is 0 Å². The second-order valence-corrected chi connectivity index (χ2v) is 4.31. The SMILES string of the molecule is CCCC[C@@H](Br)CCBr. The van der Waals surface area contributed by atoms with Gasteiger partial charge in [0.2, 0.25) is 0 Å². The Kier molecular flexibility index (Phi) is 7.83. The van der Waals surface area contributed by atoms with Crippen LogP contribution < -0.4 is 0 Å². The summed E-state index contributed by atoms with van der Waals surface area (Å²) < 4.78 is 0. The third-order valence-corrected chi connectivity index (χ3v) is 2.67. The van der Waals surface area contributed by atoms with E-state index in [1.54, 1.807) is 0 Å². The van der Waals surface area contributed by atoms with Crippen LogP contribution in [0.4, 0.5) is 0 Å². The average molecular weight is 258 g/mol. The van der Waals surface area contributed by atoms with E-state index in [1.165, 1.54) is 25.7 Å². The van der Waals surface area contributed by atoms with Crippen LogP contribution in [-0.4, -0.2) is 10.2 Å². The quantitative estimate of drug-likeness (QED) is 0.659. The lowest BCUT2D eigenvalue weighted by Gasteiger charge is -2.04. The molecule has 0 heterocycles. The lowest BCUT2D eigenvalue weighted by Crippen LogP contribution is -1.97. The van der Waals surface area contributed by atoms with Crippen molar-refractivity contribution in [1.29, 1.82) is 0 Å². The van der Waals surface area contributed by atoms with Gasteiger partial charge in [-0.05, 0) is 12.8 Å². The molecule has 0 aromatic heterocycles. The molecule has 0 fully saturated rings. The van der Waals surface area contributed by atoms with Crippen LogP contribution in [0.5, 0.6) is 0 Å². The molecule has 0 saturated carbocycles. The third kappa shape index (κ3) is 6.85. The Morgan fingerprint density at radius 1 is 1.33 bits per heavy atom. The normalized spacial score (nSPS) is 13.7. The lowest BCUT2D eigenvalue weighted by atomic mass is 10.2. The molecule has 9 heavy (non-hydrogen) atoms. The molecule has 0 aromatic rings. The van der Waals surface area contributed by atoms with Gasteiger partial charge in [0.05, 0.1) is 0 Å². The summed E-state index contributed by atoms with van der Waals surface area (Å²) in [7, 11) is 0. The van der Waals surface area contributed by atoms with Gasteiger partial charge in [-0.25, -0.2) is 0 Å². The smallest absolute Gasteiger partial charge is 0.0153 e. The fourth-order valence-electron chi connectivity index (χ4n) is 0.688. The van der Waals surface area contributed by atoms with Crippen molar-refractivity contribution in [2.75, 3.05) is 5.33 Å². The second kappa shape index (κ2) is 7.07. The Labute approximate surface area is 74.7 Å². The summed E-state index contributed by atoms with van der Waals surface area (Å²) in [6.45, 7) is 2.23. The van der Waals surface area contributed by atoms with Crippen LogP contribution in [0.25, 0.3) is 0 Å². The highest BCUT2D eigenvalue weighted by Crippen LogP contribution is 2.14. The molecule has 56 valence electrons. The summed E-state index contributed by atoms with van der Waals surface area (Å²) >= 11 is 7.02. The van der Waals surface area contributed by atoms with Gasteiger partial charge in [0, 0.05) is 10.2 Å². The Morgan fingerprint density at radius 2 is 2.00 bits per heavy atom. The van der Waals surface area contributed by atoms with Crippen LogP contribution in [0.3, 0.4) is 0 Å². The molecule has 0 N–H and O–H groups in total. The predicted molar refractivity (Wildman–Crippen MR) is 50.7 cm³/mol. The van der Waals surface area contributed by atoms with E-state index in [2.05, 4.69) is 38.8 Å². The first-order valence-electron chi connectivity index (χ1n) is 3.51. The van der Waals surface area contributed by atoms with Crippen molar-refractivity contribution in [1.82, 2.24) is 0 Å². The highest BCUT2D eigenvalue weighted by atomic mass is 79.9. The maximum Gasteiger partial charge on any atom is 0.0153 e. The molecule has 0 saturated heterocycles. The van der Waals surface area contributed by atoms with E-state index < -0.39 is 0 Å². The molecule has 0 aliphatic rings. The zero-order valence-corrected chi connectivity index (χ0v) is 9.04. The molecule has 0 nitrogen and oxygen atoms in total. The number of halogens is 2. The number of hydrogen-bond donors (Lipinski definition) is 0. The number of unbranched alkanes of at least 4 members (excludes halogenated alkanes) is 1. The molecule has 2 heteroatoms. The maximum absolute atomic E-state index is 3.61. The Balaban J connectivity index is 2.95. The first-order valence-corrected chi connectivity index (χ1v) is 5.55. The monoisotopic (exact) mass is 256 g/mol. The number of alkyl halides is 2. The zero-order valence-electron chi connectivity index (χ0n) is 5.87. The lowest BCUT2D eigenvalue weighted by molar-refractivity contribution is 0.682. The minimum absolute atomic E-state index is 0.733. The number of rotatable bonds is 5. The van der Waals surface area contributed by atoms with E-state index in [1.807, 2.05) is 0 Å². The highest BCUT2D eigenvalue weighted by Gasteiger charge is 2.00. The van der Waals surface area contributed by atoms with E-state index in [-0.39, 0.29) is 0 Å². The van der Waals surface area contributed by atoms with Crippen molar-refractivity contribution >= 4 is 31.9 Å². The molecule has 0 unspecified atom stereocenters. The van der Waals surface area contributed by atoms with Crippen molar-refractivity contribution in [3.05, 3.63) is 0 Å². The summed E-state index contributed by atoms with van der Waals surface area (Å²) in [6.07, 6.45) is 5.23. The highest BCUT2D eigenvalue weighted by molar-refractivity contribution is 9.10. The summed E-state index contributed by atoms with van der Waals surface area (Å²) in [5, 5.41) is 1.12. The van der Waals surface area contributed by atoms with Crippen LogP contribution in [0.2, 0.25) is 0 Å². The van der Waals surface area contributed by atoms with Gasteiger partial charge in [-0.3, -0.25) is 0 Å². The molecule has 1 atom stereocenters. The van der Waals surface area contributed by atoms with E-state index in [0.717, 1.165) is 10.2 Å². The molecule has 0 spiro atoms. The first kappa shape index (κ1) is 9.96. The molecule has 0 radical (unpaired) electrons. The second-order valence-electron chi connectivity index (χ2n) is 2.22. The molecule has 0 bridgehead atoms. The fourth-order valence-corrected chi connectivity index (χ4v) is 2.41. The van der Waals surface area contributed by atoms with Crippen LogP contribution >= 0.6 is 31.9 Å². The summed E-state index contributed by atoms with van der Waals surface area (Å²) in [5.74, 6) is 0. The van der Waals surface area contributed by atoms with E-state index >= 15 is 0 Å². The Hall–Kier alpha value is 0.960. The molecule has 0 aromatic carbocycles. The summed E-state index contributed by atoms with van der Waals surface area (Å²) in [6, 6.07) is 0. The van der Waals surface area contributed by atoms with E-state index in [4.69, 9.17) is 0 Å². The summed E-state index contributed by atoms with van der Waals surface area (Å²) in [4.78, 5) is 0.733. The van der Waals surface area contributed by atoms with Gasteiger partial charge in [-0.2, -0.15) is 0 Å². The predicted octanol–water partition coefficient (Wildman–Crippen LogP) is 3.73. The van der Waals surface area contributed by atoms with Crippen LogP contribution in [0, 0.1) is 0 Å². The first-order chi connectivity index (χ1) is 4.31. The van der Waals surface area contributed by atoms with Crippen molar-refractivity contribution < 1.29 is 0 Å². The fraction of sp³-hybridized carbons (Fsp3) is 1.00. The van der Waals surface area contributed by atoms with Crippen molar-refractivity contribution in [3.8, 4) is 0 Å². The van der Waals surface area contributed by atoms with Gasteiger partial charge in [0.15, 0.2) is 0 Å². The average Bonchev–Trinajstić information content (AvgIpc) is 1.85. The van der Waals surface area contributed by atoms with E-state index in [0.29, 0.717) is 0 Å². The maximum atomic E-state index is 3.61. The molecular formula is C7H14Br2. The Morgan fingerprint density at radius 3 is 2.44 bits per heavy atom. The molecule has 0 aliphatic heterocycles. The van der Waals surface area contributed by atoms with Crippen molar-refractivity contribution in [2.24, 2.45) is 0 Å². The third-order valence-electron chi connectivity index (χ3n) is 1.29. The zero-order chi connectivity index (χ0) is 7.11. The van der Waals surface area contributed by atoms with Gasteiger partial charge in [0.25, 0.3) is 0 Å². The van der Waals surface area contributed by atoms with Crippen LogP contribution in [-0.2, 0) is 0 Å². The largest absolute Gasteiger partial charge is 0.0928 e. The van der Waals surface area contributed by atoms with Gasteiger partial charge < -0.3 is 0 Å². The van der Waals surface area contributed by atoms with Gasteiger partial charge in [0.1, 0.15) is 0 Å². The standard InChI is InChI=1S/C7H14Br2/c1-2-3-4-7(9)5-6-8/h7H,2-6H2,1H3/t7-/m1/s1. The van der Waals surface area contributed by atoms with Crippen molar-refractivity contribution in [3.63, 3.8) is 0 Å². The van der Waals surface area contributed by atoms with Crippen LogP contribution in [0.15, 0.2) is 0 Å². The Bertz CT molecular complexity index is 54.9. The topological polar surface area (TPSA) is 0 Å². The summed E-state index contributed by atoms with van der Waals surface area (Å²) in [5.41, 5.74) is 0. The molecular weight excluding hydrogens is 244 g/mol. The van der Waals surface area contributed by atoms with Gasteiger partial charge in [-0.1, -0.05) is 51.6 Å². The van der Waals surface area contributed by atoms with Gasteiger partial charge in [-0.15, -0.1) is 0 Å². The van der Waals surface area contributed by atoms with E-state index in [9.17, 15) is 0 Å². The minimum Gasteiger partial charge on any atom is -0.0928 e. The molecule has 0 aliphatic carbocycles. The van der Waals surface area contributed by atoms with Crippen molar-refractivity contribution in [2.45, 2.75) is 37.4 Å². The minimum atomic E-state index is 0.733. The number of hydrogen-bond acceptors (Lipinski definition) is 0.